The van der Waals surface area contributed by atoms with Crippen molar-refractivity contribution >= 4 is 16.0 Å². The van der Waals surface area contributed by atoms with Crippen LogP contribution >= 0.6 is 0 Å². The molecule has 6 nitrogen and oxygen atoms in total. The Morgan fingerprint density at radius 3 is 2.43 bits per heavy atom. The van der Waals surface area contributed by atoms with Crippen molar-refractivity contribution < 1.29 is 23.1 Å². The van der Waals surface area contributed by atoms with Crippen LogP contribution < -0.4 is 9.88 Å². The van der Waals surface area contributed by atoms with E-state index < -0.39 is 16.0 Å². The summed E-state index contributed by atoms with van der Waals surface area (Å²) in [5, 5.41) is 14.2. The lowest BCUT2D eigenvalue weighted by Crippen LogP contribution is -2.24. The normalized spacial score (nSPS) is 22.8. The number of carboxylic acid groups (broad SMARTS) is 1. The lowest BCUT2D eigenvalue weighted by Gasteiger charge is -2.27. The first-order valence-corrected chi connectivity index (χ1v) is 8.39. The number of hydrogen-bond acceptors (Lipinski definition) is 4. The third-order valence-corrected chi connectivity index (χ3v) is 4.68. The Balaban J connectivity index is 2.25. The molecule has 2 rings (SSSR count). The van der Waals surface area contributed by atoms with E-state index >= 15 is 0 Å². The van der Waals surface area contributed by atoms with E-state index in [1.807, 2.05) is 0 Å². The fourth-order valence-corrected chi connectivity index (χ4v) is 3.02. The molecule has 1 saturated carbocycles. The second kappa shape index (κ2) is 6.03. The number of carbonyl (C=O) groups is 1. The molecule has 21 heavy (non-hydrogen) atoms. The van der Waals surface area contributed by atoms with Gasteiger partial charge in [0, 0.05) is 0 Å². The molecule has 0 aliphatic heterocycles. The maximum atomic E-state index is 11.3. The van der Waals surface area contributed by atoms with Crippen molar-refractivity contribution in [2.24, 2.45) is 11.1 Å². The van der Waals surface area contributed by atoms with E-state index in [0.29, 0.717) is 5.92 Å². The Bertz CT molecular complexity index is 633. The van der Waals surface area contributed by atoms with E-state index in [1.54, 1.807) is 0 Å². The molecule has 1 aliphatic carbocycles. The molecule has 0 unspecified atom stereocenters. The van der Waals surface area contributed by atoms with E-state index in [-0.39, 0.29) is 22.3 Å². The van der Waals surface area contributed by atoms with Gasteiger partial charge in [-0.05, 0) is 49.8 Å². The first-order chi connectivity index (χ1) is 9.77. The zero-order valence-electron chi connectivity index (χ0n) is 11.8. The van der Waals surface area contributed by atoms with Crippen molar-refractivity contribution in [3.8, 4) is 5.75 Å². The number of sulfonamides is 1. The quantitative estimate of drug-likeness (QED) is 0.884. The molecule has 0 bridgehead atoms. The lowest BCUT2D eigenvalue weighted by molar-refractivity contribution is 0.0683. The van der Waals surface area contributed by atoms with Gasteiger partial charge in [-0.2, -0.15) is 0 Å². The molecule has 0 saturated heterocycles. The number of hydrogen-bond donors (Lipinski definition) is 2. The van der Waals surface area contributed by atoms with Gasteiger partial charge < -0.3 is 9.84 Å². The molecule has 0 amide bonds. The standard InChI is InChI=1S/C14H19NO5S/c1-9-2-4-10(5-3-9)20-13-7-6-11(21(15,18)19)8-12(13)14(16)17/h6-10H,2-5H2,1H3,(H,16,17)(H2,15,18,19). The molecular formula is C14H19NO5S. The third-order valence-electron chi connectivity index (χ3n) is 3.77. The largest absolute Gasteiger partial charge is 0.490 e. The van der Waals surface area contributed by atoms with Crippen LogP contribution in [-0.4, -0.2) is 25.6 Å². The smallest absolute Gasteiger partial charge is 0.339 e. The number of ether oxygens (including phenoxy) is 1. The van der Waals surface area contributed by atoms with Crippen molar-refractivity contribution in [1.82, 2.24) is 0 Å². The number of primary sulfonamides is 1. The Morgan fingerprint density at radius 2 is 1.90 bits per heavy atom. The van der Waals surface area contributed by atoms with E-state index in [4.69, 9.17) is 9.88 Å². The number of aromatic carboxylic acids is 1. The van der Waals surface area contributed by atoms with E-state index in [0.717, 1.165) is 31.7 Å². The minimum atomic E-state index is -3.93. The van der Waals surface area contributed by atoms with Crippen LogP contribution in [0.5, 0.6) is 5.75 Å². The molecule has 116 valence electrons. The summed E-state index contributed by atoms with van der Waals surface area (Å²) in [5.41, 5.74) is -0.180. The Labute approximate surface area is 124 Å². The Hall–Kier alpha value is -1.60. The summed E-state index contributed by atoms with van der Waals surface area (Å²) in [5.74, 6) is -0.386. The first-order valence-electron chi connectivity index (χ1n) is 6.84. The SMILES string of the molecule is CC1CCC(Oc2ccc(S(N)(=O)=O)cc2C(=O)O)CC1. The summed E-state index contributed by atoms with van der Waals surface area (Å²) in [6, 6.07) is 3.67. The molecule has 0 atom stereocenters. The molecule has 0 heterocycles. The van der Waals surface area contributed by atoms with Crippen molar-refractivity contribution in [3.05, 3.63) is 23.8 Å². The Morgan fingerprint density at radius 1 is 1.29 bits per heavy atom. The van der Waals surface area contributed by atoms with Crippen molar-refractivity contribution in [1.29, 1.82) is 0 Å². The molecule has 1 aromatic carbocycles. The van der Waals surface area contributed by atoms with Crippen LogP contribution in [-0.2, 0) is 10.0 Å². The van der Waals surface area contributed by atoms with Crippen molar-refractivity contribution in [2.75, 3.05) is 0 Å². The van der Waals surface area contributed by atoms with Gasteiger partial charge in [0.15, 0.2) is 0 Å². The predicted molar refractivity (Wildman–Crippen MR) is 76.8 cm³/mol. The second-order valence-electron chi connectivity index (χ2n) is 5.51. The second-order valence-corrected chi connectivity index (χ2v) is 7.07. The van der Waals surface area contributed by atoms with E-state index in [9.17, 15) is 18.3 Å². The molecule has 0 spiro atoms. The molecule has 0 radical (unpaired) electrons. The molecule has 1 aromatic rings. The van der Waals surface area contributed by atoms with Crippen molar-refractivity contribution in [3.63, 3.8) is 0 Å². The number of rotatable bonds is 4. The summed E-state index contributed by atoms with van der Waals surface area (Å²) in [6.07, 6.45) is 3.80. The predicted octanol–water partition coefficient (Wildman–Crippen LogP) is 1.99. The zero-order chi connectivity index (χ0) is 15.6. The van der Waals surface area contributed by atoms with Crippen LogP contribution in [0.1, 0.15) is 43.0 Å². The monoisotopic (exact) mass is 313 g/mol. The Kier molecular flexibility index (Phi) is 4.53. The average molecular weight is 313 g/mol. The minimum absolute atomic E-state index is 0.0281. The van der Waals surface area contributed by atoms with Gasteiger partial charge in [0.25, 0.3) is 0 Å². The van der Waals surface area contributed by atoms with E-state index in [2.05, 4.69) is 6.92 Å². The van der Waals surface area contributed by atoms with Gasteiger partial charge in [-0.3, -0.25) is 0 Å². The molecule has 1 aliphatic rings. The van der Waals surface area contributed by atoms with Crippen LogP contribution in [0.4, 0.5) is 0 Å². The maximum Gasteiger partial charge on any atom is 0.339 e. The van der Waals surface area contributed by atoms with Gasteiger partial charge in [0.05, 0.1) is 11.0 Å². The highest BCUT2D eigenvalue weighted by Crippen LogP contribution is 2.29. The number of carboxylic acids is 1. The van der Waals surface area contributed by atoms with Gasteiger partial charge in [-0.25, -0.2) is 18.4 Å². The zero-order valence-corrected chi connectivity index (χ0v) is 12.6. The van der Waals surface area contributed by atoms with Crippen LogP contribution in [0, 0.1) is 5.92 Å². The van der Waals surface area contributed by atoms with Gasteiger partial charge in [0.1, 0.15) is 11.3 Å². The van der Waals surface area contributed by atoms with Gasteiger partial charge in [-0.1, -0.05) is 6.92 Å². The van der Waals surface area contributed by atoms with Gasteiger partial charge >= 0.3 is 5.97 Å². The summed E-state index contributed by atoms with van der Waals surface area (Å²) in [4.78, 5) is 11.0. The van der Waals surface area contributed by atoms with Crippen molar-refractivity contribution in [2.45, 2.75) is 43.6 Å². The summed E-state index contributed by atoms with van der Waals surface area (Å²) in [6.45, 7) is 2.18. The summed E-state index contributed by atoms with van der Waals surface area (Å²) < 4.78 is 28.3. The number of nitrogens with two attached hydrogens (primary N) is 1. The fourth-order valence-electron chi connectivity index (χ4n) is 2.48. The third kappa shape index (κ3) is 3.95. The minimum Gasteiger partial charge on any atom is -0.490 e. The highest BCUT2D eigenvalue weighted by Gasteiger charge is 2.23. The summed E-state index contributed by atoms with van der Waals surface area (Å²) in [7, 11) is -3.93. The lowest BCUT2D eigenvalue weighted by atomic mass is 9.89. The first kappa shape index (κ1) is 15.8. The fraction of sp³-hybridized carbons (Fsp3) is 0.500. The van der Waals surface area contributed by atoms with Crippen LogP contribution in [0.15, 0.2) is 23.1 Å². The highest BCUT2D eigenvalue weighted by molar-refractivity contribution is 7.89. The average Bonchev–Trinajstić information content (AvgIpc) is 2.40. The topological polar surface area (TPSA) is 107 Å². The van der Waals surface area contributed by atoms with Gasteiger partial charge in [-0.15, -0.1) is 0 Å². The highest BCUT2D eigenvalue weighted by atomic mass is 32.2. The molecule has 1 fully saturated rings. The van der Waals surface area contributed by atoms with Crippen LogP contribution in [0.3, 0.4) is 0 Å². The van der Waals surface area contributed by atoms with Crippen LogP contribution in [0.25, 0.3) is 0 Å². The molecular weight excluding hydrogens is 294 g/mol. The molecule has 0 aromatic heterocycles. The molecule has 3 N–H and O–H groups in total. The molecule has 7 heteroatoms. The maximum absolute atomic E-state index is 11.3. The summed E-state index contributed by atoms with van der Waals surface area (Å²) >= 11 is 0. The number of benzene rings is 1. The van der Waals surface area contributed by atoms with Crippen LogP contribution in [0.2, 0.25) is 0 Å². The van der Waals surface area contributed by atoms with E-state index in [1.165, 1.54) is 12.1 Å². The van der Waals surface area contributed by atoms with Gasteiger partial charge in [0.2, 0.25) is 10.0 Å².